The fourth-order valence-corrected chi connectivity index (χ4v) is 3.27. The molecule has 0 bridgehead atoms. The first-order valence-corrected chi connectivity index (χ1v) is 12.1. The summed E-state index contributed by atoms with van der Waals surface area (Å²) in [6.07, 6.45) is -0.178. The van der Waals surface area contributed by atoms with Crippen LogP contribution in [0.3, 0.4) is 0 Å². The molecule has 2 aromatic rings. The molecule has 0 aliphatic rings. The predicted octanol–water partition coefficient (Wildman–Crippen LogP) is -0.503. The molecule has 0 radical (unpaired) electrons. The average molecular weight is 534 g/mol. The standard InChI is InChI=1S/C25H35N5O8/c1-15(38-25(37)17-6-3-8-19(32)22(17)34)20(26)24(36)30-14-12-28-10-4-9-27-11-13-29-23(35)16-5-2-7-18(31)21(16)33/h2-3,5-8,15,20,27-28,31-34H,4,9-14,26H2,1H3,(H,29,35)(H,30,36)/t15-,20+/m1/s1. The van der Waals surface area contributed by atoms with Gasteiger partial charge in [-0.3, -0.25) is 9.59 Å². The van der Waals surface area contributed by atoms with E-state index in [9.17, 15) is 34.8 Å². The van der Waals surface area contributed by atoms with Crippen LogP contribution >= 0.6 is 0 Å². The minimum Gasteiger partial charge on any atom is -0.504 e. The number of rotatable bonds is 15. The summed E-state index contributed by atoms with van der Waals surface area (Å²) in [5.74, 6) is -3.78. The topological polar surface area (TPSA) is 215 Å². The predicted molar refractivity (Wildman–Crippen MR) is 138 cm³/mol. The number of nitrogens with one attached hydrogen (secondary N) is 4. The minimum atomic E-state index is -1.13. The SMILES string of the molecule is C[C@@H](OC(=O)c1cccc(O)c1O)[C@H](N)C(=O)NCCNCCCNCCNC(=O)c1cccc(O)c1O. The first kappa shape index (κ1) is 30.2. The van der Waals surface area contributed by atoms with E-state index in [4.69, 9.17) is 10.5 Å². The monoisotopic (exact) mass is 533 g/mol. The van der Waals surface area contributed by atoms with Crippen LogP contribution in [0.25, 0.3) is 0 Å². The van der Waals surface area contributed by atoms with Crippen LogP contribution in [0.2, 0.25) is 0 Å². The summed E-state index contributed by atoms with van der Waals surface area (Å²) in [7, 11) is 0. The van der Waals surface area contributed by atoms with E-state index in [1.54, 1.807) is 0 Å². The Morgan fingerprint density at radius 2 is 1.32 bits per heavy atom. The second kappa shape index (κ2) is 15.2. The third kappa shape index (κ3) is 9.10. The van der Waals surface area contributed by atoms with Crippen molar-refractivity contribution >= 4 is 17.8 Å². The van der Waals surface area contributed by atoms with Crippen LogP contribution < -0.4 is 27.0 Å². The molecule has 2 atom stereocenters. The number of nitrogens with two attached hydrogens (primary N) is 1. The van der Waals surface area contributed by atoms with Crippen LogP contribution in [0.1, 0.15) is 34.1 Å². The molecule has 10 N–H and O–H groups in total. The number of carbonyl (C=O) groups is 3. The number of hydrogen-bond donors (Lipinski definition) is 9. The number of phenolic OH excluding ortho intramolecular Hbond substituents is 4. The molecule has 2 amide bonds. The highest BCUT2D eigenvalue weighted by Crippen LogP contribution is 2.29. The number of amides is 2. The van der Waals surface area contributed by atoms with Gasteiger partial charge in [0.05, 0.1) is 5.56 Å². The molecule has 0 aromatic heterocycles. The number of esters is 1. The maximum atomic E-state index is 12.2. The Labute approximate surface area is 220 Å². The molecular weight excluding hydrogens is 498 g/mol. The van der Waals surface area contributed by atoms with Crippen molar-refractivity contribution in [3.8, 4) is 23.0 Å². The molecule has 0 aliphatic heterocycles. The van der Waals surface area contributed by atoms with Crippen LogP contribution in [0.4, 0.5) is 0 Å². The molecule has 0 fully saturated rings. The van der Waals surface area contributed by atoms with Gasteiger partial charge >= 0.3 is 5.97 Å². The minimum absolute atomic E-state index is 0.00587. The number of benzene rings is 2. The lowest BCUT2D eigenvalue weighted by molar-refractivity contribution is -0.124. The molecule has 2 aromatic carbocycles. The lowest BCUT2D eigenvalue weighted by Crippen LogP contribution is -2.49. The maximum absolute atomic E-state index is 12.2. The highest BCUT2D eigenvalue weighted by Gasteiger charge is 2.26. The fraction of sp³-hybridized carbons (Fsp3) is 0.400. The first-order chi connectivity index (χ1) is 18.1. The third-order valence-corrected chi connectivity index (χ3v) is 5.49. The molecule has 13 nitrogen and oxygen atoms in total. The number of para-hydroxylation sites is 2. The summed E-state index contributed by atoms with van der Waals surface area (Å²) in [6.45, 7) is 4.49. The second-order valence-electron chi connectivity index (χ2n) is 8.38. The van der Waals surface area contributed by atoms with Crippen LogP contribution in [-0.4, -0.2) is 89.6 Å². The third-order valence-electron chi connectivity index (χ3n) is 5.49. The van der Waals surface area contributed by atoms with Gasteiger partial charge in [-0.05, 0) is 50.7 Å². The van der Waals surface area contributed by atoms with Crippen molar-refractivity contribution in [2.75, 3.05) is 39.3 Å². The summed E-state index contributed by atoms with van der Waals surface area (Å²) in [4.78, 5) is 36.4. The smallest absolute Gasteiger partial charge is 0.342 e. The van der Waals surface area contributed by atoms with E-state index >= 15 is 0 Å². The fourth-order valence-electron chi connectivity index (χ4n) is 3.27. The van der Waals surface area contributed by atoms with Gasteiger partial charge in [0.25, 0.3) is 5.91 Å². The molecule has 0 unspecified atom stereocenters. The van der Waals surface area contributed by atoms with Crippen molar-refractivity contribution in [2.24, 2.45) is 5.73 Å². The average Bonchev–Trinajstić information content (AvgIpc) is 2.89. The zero-order valence-corrected chi connectivity index (χ0v) is 21.1. The number of ether oxygens (including phenoxy) is 1. The zero-order valence-electron chi connectivity index (χ0n) is 21.1. The van der Waals surface area contributed by atoms with Crippen molar-refractivity contribution in [2.45, 2.75) is 25.5 Å². The van der Waals surface area contributed by atoms with Gasteiger partial charge in [-0.15, -0.1) is 0 Å². The summed E-state index contributed by atoms with van der Waals surface area (Å²) in [6, 6.07) is 6.93. The Kier molecular flexibility index (Phi) is 12.1. The Balaban J connectivity index is 1.51. The number of aromatic hydroxyl groups is 4. The van der Waals surface area contributed by atoms with Gasteiger partial charge in [-0.2, -0.15) is 0 Å². The number of phenols is 4. The summed E-state index contributed by atoms with van der Waals surface area (Å²) in [5.41, 5.74) is 5.63. The van der Waals surface area contributed by atoms with Crippen LogP contribution in [-0.2, 0) is 9.53 Å². The lowest BCUT2D eigenvalue weighted by atomic mass is 10.1. The molecule has 2 rings (SSSR count). The van der Waals surface area contributed by atoms with Gasteiger partial charge in [0.2, 0.25) is 5.91 Å². The molecule has 0 saturated heterocycles. The molecule has 208 valence electrons. The van der Waals surface area contributed by atoms with Crippen molar-refractivity contribution in [3.05, 3.63) is 47.5 Å². The van der Waals surface area contributed by atoms with Crippen molar-refractivity contribution in [3.63, 3.8) is 0 Å². The van der Waals surface area contributed by atoms with Gasteiger partial charge < -0.3 is 52.2 Å². The summed E-state index contributed by atoms with van der Waals surface area (Å²) in [5, 5.41) is 50.0. The molecule has 38 heavy (non-hydrogen) atoms. The van der Waals surface area contributed by atoms with Gasteiger partial charge in [-0.25, -0.2) is 4.79 Å². The highest BCUT2D eigenvalue weighted by atomic mass is 16.5. The van der Waals surface area contributed by atoms with Crippen LogP contribution in [0, 0.1) is 0 Å². The molecule has 13 heteroatoms. The molecule has 0 heterocycles. The van der Waals surface area contributed by atoms with Gasteiger partial charge in [-0.1, -0.05) is 12.1 Å². The van der Waals surface area contributed by atoms with E-state index in [0.29, 0.717) is 39.3 Å². The summed E-state index contributed by atoms with van der Waals surface area (Å²) < 4.78 is 5.14. The number of hydrogen-bond acceptors (Lipinski definition) is 11. The molecule has 0 spiro atoms. The van der Waals surface area contributed by atoms with Crippen molar-refractivity contribution in [1.82, 2.24) is 21.3 Å². The Hall–Kier alpha value is -4.07. The number of carbonyl (C=O) groups excluding carboxylic acids is 3. The lowest BCUT2D eigenvalue weighted by Gasteiger charge is -2.20. The van der Waals surface area contributed by atoms with E-state index < -0.39 is 47.2 Å². The summed E-state index contributed by atoms with van der Waals surface area (Å²) >= 11 is 0. The molecular formula is C25H35N5O8. The van der Waals surface area contributed by atoms with E-state index in [0.717, 1.165) is 6.42 Å². The Bertz CT molecular complexity index is 1100. The van der Waals surface area contributed by atoms with Crippen molar-refractivity contribution in [1.29, 1.82) is 0 Å². The Morgan fingerprint density at radius 3 is 1.92 bits per heavy atom. The van der Waals surface area contributed by atoms with E-state index in [-0.39, 0.29) is 16.9 Å². The van der Waals surface area contributed by atoms with Gasteiger partial charge in [0, 0.05) is 26.2 Å². The van der Waals surface area contributed by atoms with Crippen molar-refractivity contribution < 1.29 is 39.5 Å². The first-order valence-electron chi connectivity index (χ1n) is 12.1. The highest BCUT2D eigenvalue weighted by molar-refractivity contribution is 5.97. The van der Waals surface area contributed by atoms with Gasteiger partial charge in [0.15, 0.2) is 23.0 Å². The van der Waals surface area contributed by atoms with Crippen LogP contribution in [0.5, 0.6) is 23.0 Å². The van der Waals surface area contributed by atoms with E-state index in [2.05, 4.69) is 21.3 Å². The van der Waals surface area contributed by atoms with E-state index in [1.165, 1.54) is 43.3 Å². The normalized spacial score (nSPS) is 12.4. The largest absolute Gasteiger partial charge is 0.504 e. The molecule has 0 aliphatic carbocycles. The zero-order chi connectivity index (χ0) is 28.1. The Morgan fingerprint density at radius 1 is 0.789 bits per heavy atom. The second-order valence-corrected chi connectivity index (χ2v) is 8.38. The maximum Gasteiger partial charge on any atom is 0.342 e. The van der Waals surface area contributed by atoms with E-state index in [1.807, 2.05) is 0 Å². The molecule has 0 saturated carbocycles. The quantitative estimate of drug-likeness (QED) is 0.0807. The van der Waals surface area contributed by atoms with Crippen LogP contribution in [0.15, 0.2) is 36.4 Å². The van der Waals surface area contributed by atoms with Gasteiger partial charge in [0.1, 0.15) is 17.7 Å².